The molecule has 2 unspecified atom stereocenters. The summed E-state index contributed by atoms with van der Waals surface area (Å²) in [6.45, 7) is 5.10. The number of fused-ring (bicyclic) bond motifs is 1. The molecule has 2 aromatic rings. The molecule has 1 aliphatic rings. The maximum Gasteiger partial charge on any atom is 0.0827 e. The van der Waals surface area contributed by atoms with Gasteiger partial charge >= 0.3 is 0 Å². The van der Waals surface area contributed by atoms with E-state index >= 15 is 0 Å². The van der Waals surface area contributed by atoms with E-state index in [1.807, 2.05) is 31.7 Å². The van der Waals surface area contributed by atoms with Gasteiger partial charge in [-0.05, 0) is 35.6 Å². The summed E-state index contributed by atoms with van der Waals surface area (Å²) >= 11 is 1.97. The van der Waals surface area contributed by atoms with Gasteiger partial charge < -0.3 is 9.67 Å². The fraction of sp³-hybridized carbons (Fsp3) is 0.412. The Morgan fingerprint density at radius 1 is 1.30 bits per heavy atom. The van der Waals surface area contributed by atoms with Gasteiger partial charge in [0.25, 0.3) is 0 Å². The third-order valence-corrected chi connectivity index (χ3v) is 5.18. The van der Waals surface area contributed by atoms with Crippen LogP contribution in [0.3, 0.4) is 0 Å². The van der Waals surface area contributed by atoms with Crippen LogP contribution in [-0.2, 0) is 13.0 Å². The minimum atomic E-state index is -0.357. The van der Waals surface area contributed by atoms with Crippen molar-refractivity contribution in [3.05, 3.63) is 53.9 Å². The fourth-order valence-corrected chi connectivity index (χ4v) is 4.05. The van der Waals surface area contributed by atoms with Crippen LogP contribution in [0.25, 0.3) is 0 Å². The maximum absolute atomic E-state index is 10.1. The lowest BCUT2D eigenvalue weighted by molar-refractivity contribution is 0.127. The molecule has 0 saturated carbocycles. The Kier molecular flexibility index (Phi) is 3.90. The molecule has 0 saturated heterocycles. The smallest absolute Gasteiger partial charge is 0.0827 e. The summed E-state index contributed by atoms with van der Waals surface area (Å²) in [6, 6.07) is 10.7. The second-order valence-corrected chi connectivity index (χ2v) is 7.22. The minimum Gasteiger partial charge on any atom is -0.388 e. The van der Waals surface area contributed by atoms with Crippen LogP contribution in [0.1, 0.15) is 31.1 Å². The zero-order valence-corrected chi connectivity index (χ0v) is 12.8. The van der Waals surface area contributed by atoms with Gasteiger partial charge in [0.1, 0.15) is 0 Å². The molecule has 0 fully saturated rings. The van der Waals surface area contributed by atoms with Crippen LogP contribution < -0.4 is 0 Å². The van der Waals surface area contributed by atoms with Crippen molar-refractivity contribution in [2.24, 2.45) is 5.92 Å². The van der Waals surface area contributed by atoms with E-state index < -0.39 is 0 Å². The van der Waals surface area contributed by atoms with Crippen molar-refractivity contribution >= 4 is 11.8 Å². The standard InChI is InChI=1S/C17H21NOS/c1-12(2)17(19)14-7-8-18(10-14)11-15-9-13-5-3-4-6-16(13)20-15/h3-8,10,12,15,17,19H,9,11H2,1-2H3. The Hall–Kier alpha value is -1.19. The largest absolute Gasteiger partial charge is 0.388 e. The summed E-state index contributed by atoms with van der Waals surface area (Å²) in [5.74, 6) is 0.260. The van der Waals surface area contributed by atoms with Crippen molar-refractivity contribution in [3.8, 4) is 0 Å². The monoisotopic (exact) mass is 287 g/mol. The Labute approximate surface area is 124 Å². The molecule has 1 aromatic carbocycles. The second kappa shape index (κ2) is 5.66. The van der Waals surface area contributed by atoms with E-state index in [0.29, 0.717) is 5.25 Å². The normalized spacial score (nSPS) is 19.3. The zero-order chi connectivity index (χ0) is 14.1. The van der Waals surface area contributed by atoms with Crippen LogP contribution in [0.2, 0.25) is 0 Å². The summed E-state index contributed by atoms with van der Waals surface area (Å²) in [4.78, 5) is 1.42. The van der Waals surface area contributed by atoms with Crippen LogP contribution in [0.5, 0.6) is 0 Å². The predicted molar refractivity (Wildman–Crippen MR) is 84.0 cm³/mol. The number of thioether (sulfide) groups is 1. The van der Waals surface area contributed by atoms with Gasteiger partial charge in [0.15, 0.2) is 0 Å². The first-order chi connectivity index (χ1) is 9.63. The summed E-state index contributed by atoms with van der Waals surface area (Å²) in [6.07, 6.45) is 4.96. The molecule has 1 N–H and O–H groups in total. The molecule has 3 heteroatoms. The van der Waals surface area contributed by atoms with Crippen molar-refractivity contribution < 1.29 is 5.11 Å². The number of hydrogen-bond acceptors (Lipinski definition) is 2. The van der Waals surface area contributed by atoms with Gasteiger partial charge in [-0.3, -0.25) is 0 Å². The quantitative estimate of drug-likeness (QED) is 0.922. The third-order valence-electron chi connectivity index (χ3n) is 3.87. The van der Waals surface area contributed by atoms with E-state index in [1.54, 1.807) is 0 Å². The molecule has 3 rings (SSSR count). The van der Waals surface area contributed by atoms with Crippen LogP contribution >= 0.6 is 11.8 Å². The van der Waals surface area contributed by atoms with E-state index in [2.05, 4.69) is 41.2 Å². The molecule has 20 heavy (non-hydrogen) atoms. The lowest BCUT2D eigenvalue weighted by atomic mass is 10.0. The number of aliphatic hydroxyl groups excluding tert-OH is 1. The maximum atomic E-state index is 10.1. The van der Waals surface area contributed by atoms with Gasteiger partial charge in [0.2, 0.25) is 0 Å². The van der Waals surface area contributed by atoms with E-state index in [0.717, 1.165) is 18.5 Å². The molecule has 0 radical (unpaired) electrons. The number of aliphatic hydroxyl groups is 1. The van der Waals surface area contributed by atoms with Gasteiger partial charge in [0.05, 0.1) is 6.10 Å². The Morgan fingerprint density at radius 3 is 2.85 bits per heavy atom. The highest BCUT2D eigenvalue weighted by Gasteiger charge is 2.22. The first-order valence-electron chi connectivity index (χ1n) is 7.22. The van der Waals surface area contributed by atoms with Crippen molar-refractivity contribution in [2.75, 3.05) is 0 Å². The molecule has 0 spiro atoms. The first kappa shape index (κ1) is 13.8. The highest BCUT2D eigenvalue weighted by atomic mass is 32.2. The summed E-state index contributed by atoms with van der Waals surface area (Å²) in [5, 5.41) is 10.7. The van der Waals surface area contributed by atoms with Crippen LogP contribution in [0.4, 0.5) is 0 Å². The van der Waals surface area contributed by atoms with Crippen molar-refractivity contribution in [1.29, 1.82) is 0 Å². The summed E-state index contributed by atoms with van der Waals surface area (Å²) in [7, 11) is 0. The highest BCUT2D eigenvalue weighted by Crippen LogP contribution is 2.37. The van der Waals surface area contributed by atoms with Crippen LogP contribution in [-0.4, -0.2) is 14.9 Å². The number of hydrogen-bond donors (Lipinski definition) is 1. The Morgan fingerprint density at radius 2 is 2.10 bits per heavy atom. The summed E-state index contributed by atoms with van der Waals surface area (Å²) < 4.78 is 2.21. The lowest BCUT2D eigenvalue weighted by Gasteiger charge is -2.13. The molecular weight excluding hydrogens is 266 g/mol. The molecule has 0 amide bonds. The highest BCUT2D eigenvalue weighted by molar-refractivity contribution is 8.00. The van der Waals surface area contributed by atoms with Gasteiger partial charge in [-0.1, -0.05) is 32.0 Å². The topological polar surface area (TPSA) is 25.2 Å². The van der Waals surface area contributed by atoms with Crippen LogP contribution in [0, 0.1) is 5.92 Å². The van der Waals surface area contributed by atoms with E-state index in [-0.39, 0.29) is 12.0 Å². The average molecular weight is 287 g/mol. The Bertz CT molecular complexity index is 565. The molecule has 2 heterocycles. The molecule has 1 aliphatic heterocycles. The van der Waals surface area contributed by atoms with E-state index in [9.17, 15) is 5.11 Å². The second-order valence-electron chi connectivity index (χ2n) is 5.88. The molecule has 0 aliphatic carbocycles. The summed E-state index contributed by atoms with van der Waals surface area (Å²) in [5.41, 5.74) is 2.50. The molecule has 106 valence electrons. The zero-order valence-electron chi connectivity index (χ0n) is 12.0. The lowest BCUT2D eigenvalue weighted by Crippen LogP contribution is -2.11. The number of rotatable bonds is 4. The van der Waals surface area contributed by atoms with Gasteiger partial charge in [-0.25, -0.2) is 0 Å². The fourth-order valence-electron chi connectivity index (χ4n) is 2.72. The number of nitrogens with zero attached hydrogens (tertiary/aromatic N) is 1. The first-order valence-corrected chi connectivity index (χ1v) is 8.10. The Balaban J connectivity index is 1.66. The van der Waals surface area contributed by atoms with Gasteiger partial charge in [0, 0.05) is 29.1 Å². The van der Waals surface area contributed by atoms with Crippen LogP contribution in [0.15, 0.2) is 47.6 Å². The molecule has 2 nitrogen and oxygen atoms in total. The molecular formula is C17H21NOS. The molecule has 2 atom stereocenters. The number of aromatic nitrogens is 1. The van der Waals surface area contributed by atoms with Gasteiger partial charge in [-0.15, -0.1) is 11.8 Å². The minimum absolute atomic E-state index is 0.260. The molecule has 1 aromatic heterocycles. The van der Waals surface area contributed by atoms with Gasteiger partial charge in [-0.2, -0.15) is 0 Å². The average Bonchev–Trinajstić information content (AvgIpc) is 3.03. The SMILES string of the molecule is CC(C)C(O)c1ccn(CC2Cc3ccccc3S2)c1. The number of benzene rings is 1. The van der Waals surface area contributed by atoms with Crippen molar-refractivity contribution in [3.63, 3.8) is 0 Å². The third kappa shape index (κ3) is 2.79. The van der Waals surface area contributed by atoms with E-state index in [1.165, 1.54) is 10.5 Å². The predicted octanol–water partition coefficient (Wildman–Crippen LogP) is 3.89. The van der Waals surface area contributed by atoms with Crippen molar-refractivity contribution in [1.82, 2.24) is 4.57 Å². The molecule has 0 bridgehead atoms. The van der Waals surface area contributed by atoms with E-state index in [4.69, 9.17) is 0 Å². The van der Waals surface area contributed by atoms with Crippen molar-refractivity contribution in [2.45, 2.75) is 43.1 Å².